The van der Waals surface area contributed by atoms with Gasteiger partial charge in [0.15, 0.2) is 0 Å². The quantitative estimate of drug-likeness (QED) is 0.648. The van der Waals surface area contributed by atoms with Crippen LogP contribution < -0.4 is 5.32 Å². The number of nitrogens with one attached hydrogen (secondary N) is 1. The highest BCUT2D eigenvalue weighted by Crippen LogP contribution is 2.18. The zero-order chi connectivity index (χ0) is 14.4. The number of nitrogens with zero attached hydrogens (tertiary/aromatic N) is 2. The first-order valence-electron chi connectivity index (χ1n) is 6.55. The van der Waals surface area contributed by atoms with E-state index in [1.165, 1.54) is 6.07 Å². The summed E-state index contributed by atoms with van der Waals surface area (Å²) < 4.78 is 0. The van der Waals surface area contributed by atoms with E-state index < -0.39 is 0 Å². The molecule has 104 valence electrons. The summed E-state index contributed by atoms with van der Waals surface area (Å²) in [4.78, 5) is 14.9. The normalized spacial score (nSPS) is 12.1. The van der Waals surface area contributed by atoms with E-state index in [0.29, 0.717) is 13.0 Å². The van der Waals surface area contributed by atoms with Crippen molar-refractivity contribution >= 4 is 5.69 Å². The summed E-state index contributed by atoms with van der Waals surface area (Å²) in [6.07, 6.45) is 2.38. The molecule has 1 unspecified atom stereocenters. The van der Waals surface area contributed by atoms with Crippen molar-refractivity contribution < 1.29 is 4.92 Å². The van der Waals surface area contributed by atoms with Gasteiger partial charge in [-0.3, -0.25) is 15.1 Å². The highest BCUT2D eigenvalue weighted by molar-refractivity contribution is 5.39. The van der Waals surface area contributed by atoms with Crippen LogP contribution in [0.25, 0.3) is 0 Å². The standard InChI is InChI=1S/C15H17N3O2/c1-12(14-7-4-5-10-17-14)16-11-9-13-6-2-3-8-15(13)18(19)20/h2-8,10,12,16H,9,11H2,1H3. The third-order valence-electron chi connectivity index (χ3n) is 3.16. The third-order valence-corrected chi connectivity index (χ3v) is 3.16. The second kappa shape index (κ2) is 6.77. The molecule has 0 amide bonds. The SMILES string of the molecule is CC(NCCc1ccccc1[N+](=O)[O-])c1ccccn1. The minimum Gasteiger partial charge on any atom is -0.309 e. The Balaban J connectivity index is 1.92. The molecule has 2 rings (SSSR count). The van der Waals surface area contributed by atoms with Crippen molar-refractivity contribution in [2.45, 2.75) is 19.4 Å². The molecule has 1 aromatic heterocycles. The van der Waals surface area contributed by atoms with Crippen molar-refractivity contribution in [3.05, 3.63) is 70.0 Å². The van der Waals surface area contributed by atoms with Gasteiger partial charge in [-0.05, 0) is 25.5 Å². The first kappa shape index (κ1) is 14.1. The Hall–Kier alpha value is -2.27. The van der Waals surface area contributed by atoms with E-state index in [9.17, 15) is 10.1 Å². The van der Waals surface area contributed by atoms with Crippen molar-refractivity contribution in [1.82, 2.24) is 10.3 Å². The Morgan fingerprint density at radius 3 is 2.70 bits per heavy atom. The minimum absolute atomic E-state index is 0.124. The Labute approximate surface area is 117 Å². The molecule has 1 N–H and O–H groups in total. The molecule has 5 heteroatoms. The van der Waals surface area contributed by atoms with Crippen LogP contribution in [0.3, 0.4) is 0 Å². The largest absolute Gasteiger partial charge is 0.309 e. The number of hydrogen-bond acceptors (Lipinski definition) is 4. The van der Waals surface area contributed by atoms with E-state index in [1.807, 2.05) is 31.2 Å². The monoisotopic (exact) mass is 271 g/mol. The van der Waals surface area contributed by atoms with Crippen LogP contribution in [0.5, 0.6) is 0 Å². The van der Waals surface area contributed by atoms with E-state index in [4.69, 9.17) is 0 Å². The van der Waals surface area contributed by atoms with E-state index in [-0.39, 0.29) is 16.7 Å². The van der Waals surface area contributed by atoms with Gasteiger partial charge in [-0.2, -0.15) is 0 Å². The summed E-state index contributed by atoms with van der Waals surface area (Å²) in [5.41, 5.74) is 1.90. The number of pyridine rings is 1. The smallest absolute Gasteiger partial charge is 0.272 e. The van der Waals surface area contributed by atoms with Crippen molar-refractivity contribution in [3.8, 4) is 0 Å². The lowest BCUT2D eigenvalue weighted by Gasteiger charge is -2.13. The van der Waals surface area contributed by atoms with Crippen molar-refractivity contribution in [2.24, 2.45) is 0 Å². The molecule has 0 aliphatic carbocycles. The van der Waals surface area contributed by atoms with Crippen LogP contribution in [0.1, 0.15) is 24.2 Å². The number of nitro groups is 1. The maximum Gasteiger partial charge on any atom is 0.272 e. The first-order valence-corrected chi connectivity index (χ1v) is 6.55. The number of aromatic nitrogens is 1. The summed E-state index contributed by atoms with van der Waals surface area (Å²) >= 11 is 0. The zero-order valence-electron chi connectivity index (χ0n) is 11.3. The molecule has 0 aliphatic rings. The van der Waals surface area contributed by atoms with Crippen LogP contribution >= 0.6 is 0 Å². The molecule has 0 spiro atoms. The molecular weight excluding hydrogens is 254 g/mol. The molecule has 0 aliphatic heterocycles. The Morgan fingerprint density at radius 1 is 1.25 bits per heavy atom. The molecule has 20 heavy (non-hydrogen) atoms. The maximum absolute atomic E-state index is 10.9. The molecule has 0 saturated carbocycles. The van der Waals surface area contributed by atoms with Gasteiger partial charge >= 0.3 is 0 Å². The fraction of sp³-hybridized carbons (Fsp3) is 0.267. The van der Waals surface area contributed by atoms with Crippen LogP contribution in [0.2, 0.25) is 0 Å². The fourth-order valence-corrected chi connectivity index (χ4v) is 2.06. The summed E-state index contributed by atoms with van der Waals surface area (Å²) in [6, 6.07) is 12.8. The highest BCUT2D eigenvalue weighted by Gasteiger charge is 2.12. The molecule has 0 fully saturated rings. The molecule has 2 aromatic rings. The number of para-hydroxylation sites is 1. The molecule has 0 saturated heterocycles. The predicted molar refractivity (Wildman–Crippen MR) is 77.5 cm³/mol. The van der Waals surface area contributed by atoms with Gasteiger partial charge in [0, 0.05) is 30.4 Å². The molecule has 0 radical (unpaired) electrons. The lowest BCUT2D eigenvalue weighted by molar-refractivity contribution is -0.385. The second-order valence-corrected chi connectivity index (χ2v) is 4.57. The topological polar surface area (TPSA) is 68.1 Å². The summed E-state index contributed by atoms with van der Waals surface area (Å²) in [5, 5.41) is 14.2. The Bertz CT molecular complexity index is 572. The molecule has 5 nitrogen and oxygen atoms in total. The van der Waals surface area contributed by atoms with Crippen LogP contribution in [-0.4, -0.2) is 16.5 Å². The van der Waals surface area contributed by atoms with Crippen LogP contribution in [0.4, 0.5) is 5.69 Å². The Morgan fingerprint density at radius 2 is 2.00 bits per heavy atom. The van der Waals surface area contributed by atoms with Crippen molar-refractivity contribution in [2.75, 3.05) is 6.54 Å². The van der Waals surface area contributed by atoms with Crippen LogP contribution in [0, 0.1) is 10.1 Å². The molecule has 1 atom stereocenters. The summed E-state index contributed by atoms with van der Waals surface area (Å²) in [5.74, 6) is 0. The average molecular weight is 271 g/mol. The van der Waals surface area contributed by atoms with E-state index >= 15 is 0 Å². The maximum atomic E-state index is 10.9. The second-order valence-electron chi connectivity index (χ2n) is 4.57. The van der Waals surface area contributed by atoms with Gasteiger partial charge in [-0.1, -0.05) is 24.3 Å². The zero-order valence-corrected chi connectivity index (χ0v) is 11.3. The number of nitro benzene ring substituents is 1. The van der Waals surface area contributed by atoms with Gasteiger partial charge in [-0.15, -0.1) is 0 Å². The minimum atomic E-state index is -0.336. The molecule has 1 aromatic carbocycles. The first-order chi connectivity index (χ1) is 9.68. The van der Waals surface area contributed by atoms with Crippen molar-refractivity contribution in [1.29, 1.82) is 0 Å². The summed E-state index contributed by atoms with van der Waals surface area (Å²) in [6.45, 7) is 2.70. The highest BCUT2D eigenvalue weighted by atomic mass is 16.6. The molecule has 0 bridgehead atoms. The lowest BCUT2D eigenvalue weighted by atomic mass is 10.1. The van der Waals surface area contributed by atoms with Gasteiger partial charge in [0.1, 0.15) is 0 Å². The number of rotatable bonds is 6. The Kier molecular flexibility index (Phi) is 4.79. The lowest BCUT2D eigenvalue weighted by Crippen LogP contribution is -2.22. The van der Waals surface area contributed by atoms with Crippen LogP contribution in [0.15, 0.2) is 48.7 Å². The van der Waals surface area contributed by atoms with Gasteiger partial charge in [0.25, 0.3) is 5.69 Å². The molecular formula is C15H17N3O2. The third kappa shape index (κ3) is 3.61. The average Bonchev–Trinajstić information content (AvgIpc) is 2.48. The van der Waals surface area contributed by atoms with Gasteiger partial charge in [-0.25, -0.2) is 0 Å². The summed E-state index contributed by atoms with van der Waals surface area (Å²) in [7, 11) is 0. The van der Waals surface area contributed by atoms with Crippen molar-refractivity contribution in [3.63, 3.8) is 0 Å². The van der Waals surface area contributed by atoms with E-state index in [2.05, 4.69) is 10.3 Å². The van der Waals surface area contributed by atoms with Gasteiger partial charge in [0.05, 0.1) is 10.6 Å². The van der Waals surface area contributed by atoms with E-state index in [0.717, 1.165) is 11.3 Å². The van der Waals surface area contributed by atoms with E-state index in [1.54, 1.807) is 18.3 Å². The van der Waals surface area contributed by atoms with Crippen LogP contribution in [-0.2, 0) is 6.42 Å². The number of benzene rings is 1. The van der Waals surface area contributed by atoms with Gasteiger partial charge in [0.2, 0.25) is 0 Å². The predicted octanol–water partition coefficient (Wildman–Crippen LogP) is 2.88. The number of hydrogen-bond donors (Lipinski definition) is 1. The fourth-order valence-electron chi connectivity index (χ4n) is 2.06. The molecule has 1 heterocycles. The van der Waals surface area contributed by atoms with Gasteiger partial charge < -0.3 is 5.32 Å².